The van der Waals surface area contributed by atoms with E-state index in [1.807, 2.05) is 11.7 Å². The molecule has 0 amide bonds. The molecular weight excluding hydrogens is 222 g/mol. The highest BCUT2D eigenvalue weighted by atomic mass is 15.3. The van der Waals surface area contributed by atoms with Crippen molar-refractivity contribution in [2.45, 2.75) is 71.9 Å². The first-order valence-electron chi connectivity index (χ1n) is 7.25. The molecule has 0 aliphatic carbocycles. The highest BCUT2D eigenvalue weighted by Gasteiger charge is 2.23. The quantitative estimate of drug-likeness (QED) is 0.802. The molecule has 0 atom stereocenters. The molecule has 1 heterocycles. The molecule has 3 nitrogen and oxygen atoms in total. The lowest BCUT2D eigenvalue weighted by molar-refractivity contribution is 0.287. The van der Waals surface area contributed by atoms with Crippen LogP contribution in [0, 0.1) is 0 Å². The van der Waals surface area contributed by atoms with Crippen LogP contribution in [0.4, 0.5) is 0 Å². The van der Waals surface area contributed by atoms with Gasteiger partial charge in [-0.05, 0) is 25.2 Å². The highest BCUT2D eigenvalue weighted by Crippen LogP contribution is 2.22. The minimum absolute atomic E-state index is 0.282. The molecule has 3 heteroatoms. The number of aryl methyl sites for hydroxylation is 1. The van der Waals surface area contributed by atoms with Gasteiger partial charge in [0.2, 0.25) is 0 Å². The molecule has 0 bridgehead atoms. The Balaban J connectivity index is 2.79. The maximum atomic E-state index is 4.56. The van der Waals surface area contributed by atoms with Crippen molar-refractivity contribution in [3.8, 4) is 0 Å². The number of hydrogen-bond donors (Lipinski definition) is 1. The van der Waals surface area contributed by atoms with Gasteiger partial charge in [0.05, 0.1) is 5.69 Å². The van der Waals surface area contributed by atoms with Gasteiger partial charge in [0.25, 0.3) is 0 Å². The second-order valence-corrected chi connectivity index (χ2v) is 5.56. The fourth-order valence-corrected chi connectivity index (χ4v) is 2.58. The van der Waals surface area contributed by atoms with Gasteiger partial charge < -0.3 is 5.32 Å². The third kappa shape index (κ3) is 3.35. The van der Waals surface area contributed by atoms with Crippen molar-refractivity contribution in [3.05, 3.63) is 17.5 Å². The van der Waals surface area contributed by atoms with Crippen LogP contribution in [-0.2, 0) is 13.6 Å². The minimum Gasteiger partial charge on any atom is -0.307 e. The summed E-state index contributed by atoms with van der Waals surface area (Å²) in [6.45, 7) is 12.2. The average Bonchev–Trinajstić information content (AvgIpc) is 2.73. The predicted octanol–water partition coefficient (Wildman–Crippen LogP) is 3.60. The van der Waals surface area contributed by atoms with Gasteiger partial charge in [-0.15, -0.1) is 0 Å². The topological polar surface area (TPSA) is 29.9 Å². The van der Waals surface area contributed by atoms with Crippen molar-refractivity contribution in [2.24, 2.45) is 7.05 Å². The van der Waals surface area contributed by atoms with E-state index in [1.165, 1.54) is 30.5 Å². The van der Waals surface area contributed by atoms with Crippen molar-refractivity contribution in [3.63, 3.8) is 0 Å². The molecular formula is C15H29N3. The zero-order valence-electron chi connectivity index (χ0n) is 12.9. The van der Waals surface area contributed by atoms with Gasteiger partial charge in [0.15, 0.2) is 0 Å². The van der Waals surface area contributed by atoms with Crippen LogP contribution < -0.4 is 5.32 Å². The van der Waals surface area contributed by atoms with E-state index >= 15 is 0 Å². The summed E-state index contributed by atoms with van der Waals surface area (Å²) in [6.07, 6.45) is 5.68. The molecule has 1 aromatic heterocycles. The summed E-state index contributed by atoms with van der Waals surface area (Å²) >= 11 is 0. The number of nitrogens with zero attached hydrogens (tertiary/aromatic N) is 2. The Morgan fingerprint density at radius 2 is 1.78 bits per heavy atom. The molecule has 0 fully saturated rings. The van der Waals surface area contributed by atoms with E-state index in [0.29, 0.717) is 5.92 Å². The summed E-state index contributed by atoms with van der Waals surface area (Å²) in [4.78, 5) is 0. The van der Waals surface area contributed by atoms with Crippen LogP contribution in [0.15, 0.2) is 6.20 Å². The molecule has 0 saturated heterocycles. The zero-order valence-corrected chi connectivity index (χ0v) is 12.9. The van der Waals surface area contributed by atoms with Crippen LogP contribution in [0.25, 0.3) is 0 Å². The fraction of sp³-hybridized carbons (Fsp3) is 0.800. The van der Waals surface area contributed by atoms with Crippen molar-refractivity contribution in [2.75, 3.05) is 0 Å². The van der Waals surface area contributed by atoms with Crippen LogP contribution in [-0.4, -0.2) is 15.3 Å². The van der Waals surface area contributed by atoms with E-state index in [1.54, 1.807) is 0 Å². The van der Waals surface area contributed by atoms with Crippen LogP contribution in [0.2, 0.25) is 0 Å². The Hall–Kier alpha value is -0.830. The van der Waals surface area contributed by atoms with Gasteiger partial charge >= 0.3 is 0 Å². The van der Waals surface area contributed by atoms with E-state index in [-0.39, 0.29) is 5.54 Å². The summed E-state index contributed by atoms with van der Waals surface area (Å²) in [7, 11) is 2.00. The Morgan fingerprint density at radius 3 is 2.22 bits per heavy atom. The Labute approximate surface area is 112 Å². The third-order valence-corrected chi connectivity index (χ3v) is 4.17. The van der Waals surface area contributed by atoms with E-state index < -0.39 is 0 Å². The second-order valence-electron chi connectivity index (χ2n) is 5.56. The third-order valence-electron chi connectivity index (χ3n) is 4.17. The SMILES string of the molecule is CCC(CC)(CC)NCc1cn(C)nc1C(C)C. The Kier molecular flexibility index (Phi) is 5.39. The Morgan fingerprint density at radius 1 is 1.22 bits per heavy atom. The summed E-state index contributed by atoms with van der Waals surface area (Å²) in [5.74, 6) is 0.488. The first kappa shape index (κ1) is 15.2. The van der Waals surface area contributed by atoms with Crippen LogP contribution >= 0.6 is 0 Å². The maximum absolute atomic E-state index is 4.56. The Bertz CT molecular complexity index is 354. The van der Waals surface area contributed by atoms with Crippen LogP contribution in [0.3, 0.4) is 0 Å². The number of rotatable bonds is 7. The van der Waals surface area contributed by atoms with Crippen molar-refractivity contribution >= 4 is 0 Å². The molecule has 1 N–H and O–H groups in total. The normalized spacial score (nSPS) is 12.4. The van der Waals surface area contributed by atoms with Gasteiger partial charge in [-0.2, -0.15) is 5.10 Å². The lowest BCUT2D eigenvalue weighted by Crippen LogP contribution is -2.43. The van der Waals surface area contributed by atoms with Gasteiger partial charge in [-0.1, -0.05) is 34.6 Å². The fourth-order valence-electron chi connectivity index (χ4n) is 2.58. The molecule has 0 saturated carbocycles. The first-order valence-corrected chi connectivity index (χ1v) is 7.25. The molecule has 0 unspecified atom stereocenters. The minimum atomic E-state index is 0.282. The molecule has 0 aliphatic rings. The van der Waals surface area contributed by atoms with Crippen LogP contribution in [0.1, 0.15) is 71.1 Å². The summed E-state index contributed by atoms with van der Waals surface area (Å²) in [5, 5.41) is 8.32. The van der Waals surface area contributed by atoms with E-state index in [9.17, 15) is 0 Å². The van der Waals surface area contributed by atoms with Gasteiger partial charge in [-0.25, -0.2) is 0 Å². The monoisotopic (exact) mass is 251 g/mol. The number of nitrogens with one attached hydrogen (secondary N) is 1. The standard InChI is InChI=1S/C15H29N3/c1-7-15(8-2,9-3)16-10-13-11-18(6)17-14(13)12(4)5/h11-12,16H,7-10H2,1-6H3. The van der Waals surface area contributed by atoms with Crippen molar-refractivity contribution in [1.29, 1.82) is 0 Å². The first-order chi connectivity index (χ1) is 8.48. The van der Waals surface area contributed by atoms with Crippen molar-refractivity contribution < 1.29 is 0 Å². The predicted molar refractivity (Wildman–Crippen MR) is 77.7 cm³/mol. The second kappa shape index (κ2) is 6.37. The van der Waals surface area contributed by atoms with Gasteiger partial charge in [0, 0.05) is 30.9 Å². The number of aromatic nitrogens is 2. The van der Waals surface area contributed by atoms with E-state index in [0.717, 1.165) is 6.54 Å². The van der Waals surface area contributed by atoms with E-state index in [2.05, 4.69) is 51.2 Å². The summed E-state index contributed by atoms with van der Waals surface area (Å²) in [6, 6.07) is 0. The molecule has 0 aliphatic heterocycles. The van der Waals surface area contributed by atoms with Gasteiger partial charge in [-0.3, -0.25) is 4.68 Å². The zero-order chi connectivity index (χ0) is 13.8. The molecule has 104 valence electrons. The average molecular weight is 251 g/mol. The number of hydrogen-bond acceptors (Lipinski definition) is 2. The summed E-state index contributed by atoms with van der Waals surface area (Å²) < 4.78 is 1.93. The van der Waals surface area contributed by atoms with E-state index in [4.69, 9.17) is 0 Å². The lowest BCUT2D eigenvalue weighted by Gasteiger charge is -2.32. The van der Waals surface area contributed by atoms with Gasteiger partial charge in [0.1, 0.15) is 0 Å². The molecule has 0 aromatic carbocycles. The highest BCUT2D eigenvalue weighted by molar-refractivity contribution is 5.20. The maximum Gasteiger partial charge on any atom is 0.0694 e. The molecule has 18 heavy (non-hydrogen) atoms. The summed E-state index contributed by atoms with van der Waals surface area (Å²) in [5.41, 5.74) is 2.85. The van der Waals surface area contributed by atoms with Crippen molar-refractivity contribution in [1.82, 2.24) is 15.1 Å². The largest absolute Gasteiger partial charge is 0.307 e. The molecule has 0 spiro atoms. The molecule has 1 aromatic rings. The molecule has 0 radical (unpaired) electrons. The van der Waals surface area contributed by atoms with Crippen LogP contribution in [0.5, 0.6) is 0 Å². The lowest BCUT2D eigenvalue weighted by atomic mass is 9.89. The molecule has 1 rings (SSSR count). The smallest absolute Gasteiger partial charge is 0.0694 e.